The summed E-state index contributed by atoms with van der Waals surface area (Å²) < 4.78 is 20.1. The van der Waals surface area contributed by atoms with E-state index in [1.165, 1.54) is 31.2 Å². The van der Waals surface area contributed by atoms with Crippen LogP contribution in [-0.4, -0.2) is 71.9 Å². The van der Waals surface area contributed by atoms with Gasteiger partial charge in [0, 0.05) is 49.9 Å². The Morgan fingerprint density at radius 3 is 2.71 bits per heavy atom. The van der Waals surface area contributed by atoms with E-state index < -0.39 is 17.8 Å². The van der Waals surface area contributed by atoms with Crippen molar-refractivity contribution in [2.24, 2.45) is 0 Å². The molecule has 1 aliphatic heterocycles. The van der Waals surface area contributed by atoms with Crippen molar-refractivity contribution in [1.82, 2.24) is 14.9 Å². The molecule has 166 valence electrons. The number of carbonyl (C=O) groups excluding carboxylic acids is 1. The van der Waals surface area contributed by atoms with Crippen molar-refractivity contribution >= 4 is 17.8 Å². The largest absolute Gasteiger partial charge is 0.473 e. The van der Waals surface area contributed by atoms with Crippen LogP contribution in [0.2, 0.25) is 0 Å². The van der Waals surface area contributed by atoms with Crippen molar-refractivity contribution in [3.63, 3.8) is 0 Å². The molecule has 1 saturated heterocycles. The van der Waals surface area contributed by atoms with Crippen LogP contribution in [0.4, 0.5) is 15.0 Å². The molecule has 3 rings (SSSR count). The lowest BCUT2D eigenvalue weighted by atomic mass is 10.1. The lowest BCUT2D eigenvalue weighted by Gasteiger charge is -2.38. The summed E-state index contributed by atoms with van der Waals surface area (Å²) >= 11 is 0. The van der Waals surface area contributed by atoms with E-state index in [9.17, 15) is 19.1 Å². The van der Waals surface area contributed by atoms with Crippen molar-refractivity contribution in [3.05, 3.63) is 53.3 Å². The zero-order valence-corrected chi connectivity index (χ0v) is 17.6. The average molecular weight is 432 g/mol. The van der Waals surface area contributed by atoms with Crippen molar-refractivity contribution in [3.8, 4) is 5.88 Å². The van der Waals surface area contributed by atoms with Crippen LogP contribution in [0.25, 0.3) is 0 Å². The van der Waals surface area contributed by atoms with Crippen molar-refractivity contribution in [2.45, 2.75) is 19.6 Å². The van der Waals surface area contributed by atoms with E-state index in [0.29, 0.717) is 31.3 Å². The summed E-state index contributed by atoms with van der Waals surface area (Å²) in [6.07, 6.45) is -0.930. The molecule has 2 aromatic rings. The number of rotatable bonds is 6. The molecular weight excluding hydrogens is 407 g/mol. The molecule has 0 bridgehead atoms. The third-order valence-corrected chi connectivity index (χ3v) is 5.14. The molecule has 1 unspecified atom stereocenters. The fourth-order valence-corrected chi connectivity index (χ4v) is 3.32. The number of halogens is 1. The lowest BCUT2D eigenvalue weighted by Crippen LogP contribution is -2.53. The molecule has 1 N–H and O–H groups in total. The van der Waals surface area contributed by atoms with E-state index in [-0.39, 0.29) is 23.8 Å². The highest BCUT2D eigenvalue weighted by atomic mass is 19.1. The Hall–Kier alpha value is -3.40. The number of ether oxygens (including phenoxy) is 1. The van der Waals surface area contributed by atoms with E-state index in [0.717, 1.165) is 11.1 Å². The molecule has 1 aromatic carbocycles. The number of pyridine rings is 1. The minimum atomic E-state index is -0.930. The molecule has 1 fully saturated rings. The van der Waals surface area contributed by atoms with Gasteiger partial charge in [-0.15, -0.1) is 0 Å². The standard InChI is InChI=1S/C21H25FN4O5/c1-14-12-25(9-10-26(14)21(28)29)18-5-4-6-19(23-18)31-13-16-8-7-15(11-17(16)22)20(27)24(2)30-3/h4-8,11,14H,9-10,12-13H2,1-3H3,(H,28,29). The molecule has 9 nitrogen and oxygen atoms in total. The number of hydrogen-bond donors (Lipinski definition) is 1. The van der Waals surface area contributed by atoms with Gasteiger partial charge in [-0.3, -0.25) is 9.63 Å². The Balaban J connectivity index is 1.64. The third kappa shape index (κ3) is 5.21. The van der Waals surface area contributed by atoms with Crippen molar-refractivity contribution in [2.75, 3.05) is 38.7 Å². The molecule has 0 spiro atoms. The summed E-state index contributed by atoms with van der Waals surface area (Å²) in [5.74, 6) is -0.0338. The number of carbonyl (C=O) groups is 2. The normalized spacial score (nSPS) is 16.2. The fourth-order valence-electron chi connectivity index (χ4n) is 3.32. The molecular formula is C21H25FN4O5. The predicted octanol–water partition coefficient (Wildman–Crippen LogP) is 2.62. The van der Waals surface area contributed by atoms with E-state index in [1.807, 2.05) is 17.9 Å². The van der Waals surface area contributed by atoms with Gasteiger partial charge in [0.1, 0.15) is 18.2 Å². The first-order valence-corrected chi connectivity index (χ1v) is 9.75. The van der Waals surface area contributed by atoms with Gasteiger partial charge in [-0.05, 0) is 25.1 Å². The van der Waals surface area contributed by atoms with E-state index in [2.05, 4.69) is 4.98 Å². The van der Waals surface area contributed by atoms with Crippen LogP contribution >= 0.6 is 0 Å². The minimum absolute atomic E-state index is 0.0555. The molecule has 0 aliphatic carbocycles. The first-order chi connectivity index (χ1) is 14.8. The first-order valence-electron chi connectivity index (χ1n) is 9.75. The highest BCUT2D eigenvalue weighted by molar-refractivity contribution is 5.93. The van der Waals surface area contributed by atoms with Crippen LogP contribution in [0.5, 0.6) is 5.88 Å². The molecule has 2 amide bonds. The quantitative estimate of drug-likeness (QED) is 0.701. The van der Waals surface area contributed by atoms with E-state index >= 15 is 0 Å². The Kier molecular flexibility index (Phi) is 6.91. The Bertz CT molecular complexity index is 957. The molecule has 0 saturated carbocycles. The third-order valence-electron chi connectivity index (χ3n) is 5.14. The maximum atomic E-state index is 14.4. The van der Waals surface area contributed by atoms with Crippen LogP contribution < -0.4 is 9.64 Å². The van der Waals surface area contributed by atoms with Gasteiger partial charge in [0.05, 0.1) is 7.11 Å². The Morgan fingerprint density at radius 1 is 1.29 bits per heavy atom. The van der Waals surface area contributed by atoms with Gasteiger partial charge in [-0.25, -0.2) is 14.2 Å². The first kappa shape index (κ1) is 22.3. The summed E-state index contributed by atoms with van der Waals surface area (Å²) in [4.78, 5) is 35.9. The van der Waals surface area contributed by atoms with Crippen LogP contribution in [0.15, 0.2) is 36.4 Å². The Labute approximate surface area is 179 Å². The summed E-state index contributed by atoms with van der Waals surface area (Å²) in [6, 6.07) is 9.25. The highest BCUT2D eigenvalue weighted by Gasteiger charge is 2.27. The van der Waals surface area contributed by atoms with E-state index in [1.54, 1.807) is 12.1 Å². The number of hydroxylamine groups is 2. The van der Waals surface area contributed by atoms with Crippen LogP contribution in [0, 0.1) is 5.82 Å². The number of piperazine rings is 1. The molecule has 31 heavy (non-hydrogen) atoms. The molecule has 0 radical (unpaired) electrons. The number of aromatic nitrogens is 1. The second-order valence-corrected chi connectivity index (χ2v) is 7.19. The van der Waals surface area contributed by atoms with Gasteiger partial charge in [-0.2, -0.15) is 4.98 Å². The number of benzene rings is 1. The molecule has 10 heteroatoms. The predicted molar refractivity (Wildman–Crippen MR) is 110 cm³/mol. The zero-order chi connectivity index (χ0) is 22.5. The number of carboxylic acid groups (broad SMARTS) is 1. The van der Waals surface area contributed by atoms with Crippen molar-refractivity contribution in [1.29, 1.82) is 0 Å². The van der Waals surface area contributed by atoms with Crippen LogP contribution in [-0.2, 0) is 11.4 Å². The second kappa shape index (κ2) is 9.61. The smallest absolute Gasteiger partial charge is 0.407 e. The second-order valence-electron chi connectivity index (χ2n) is 7.19. The van der Waals surface area contributed by atoms with Crippen LogP contribution in [0.3, 0.4) is 0 Å². The van der Waals surface area contributed by atoms with Gasteiger partial charge >= 0.3 is 6.09 Å². The highest BCUT2D eigenvalue weighted by Crippen LogP contribution is 2.21. The molecule has 2 heterocycles. The number of amides is 2. The summed E-state index contributed by atoms with van der Waals surface area (Å²) in [6.45, 7) is 3.22. The topological polar surface area (TPSA) is 95.4 Å². The SMILES string of the molecule is CON(C)C(=O)c1ccc(COc2cccc(N3CCN(C(=O)O)C(C)C3)n2)c(F)c1. The average Bonchev–Trinajstić information content (AvgIpc) is 2.77. The maximum absolute atomic E-state index is 14.4. The minimum Gasteiger partial charge on any atom is -0.473 e. The molecule has 1 aliphatic rings. The summed E-state index contributed by atoms with van der Waals surface area (Å²) in [7, 11) is 2.79. The number of hydrogen-bond acceptors (Lipinski definition) is 6. The summed E-state index contributed by atoms with van der Waals surface area (Å²) in [5, 5.41) is 10.2. The van der Waals surface area contributed by atoms with Gasteiger partial charge in [0.15, 0.2) is 0 Å². The maximum Gasteiger partial charge on any atom is 0.407 e. The molecule has 1 atom stereocenters. The summed E-state index contributed by atoms with van der Waals surface area (Å²) in [5.41, 5.74) is 0.452. The number of anilines is 1. The Morgan fingerprint density at radius 2 is 2.06 bits per heavy atom. The van der Waals surface area contributed by atoms with Gasteiger partial charge in [-0.1, -0.05) is 12.1 Å². The number of nitrogens with zero attached hydrogens (tertiary/aromatic N) is 4. The van der Waals surface area contributed by atoms with Gasteiger partial charge < -0.3 is 19.6 Å². The molecule has 1 aromatic heterocycles. The zero-order valence-electron chi connectivity index (χ0n) is 17.6. The lowest BCUT2D eigenvalue weighted by molar-refractivity contribution is -0.0757. The van der Waals surface area contributed by atoms with Gasteiger partial charge in [0.25, 0.3) is 5.91 Å². The van der Waals surface area contributed by atoms with E-state index in [4.69, 9.17) is 9.57 Å². The van der Waals surface area contributed by atoms with Crippen LogP contribution in [0.1, 0.15) is 22.8 Å². The fraction of sp³-hybridized carbons (Fsp3) is 0.381. The van der Waals surface area contributed by atoms with Gasteiger partial charge in [0.2, 0.25) is 5.88 Å². The monoisotopic (exact) mass is 432 g/mol. The van der Waals surface area contributed by atoms with Crippen molar-refractivity contribution < 1.29 is 28.7 Å².